The molecule has 0 aromatic heterocycles. The molecule has 0 radical (unpaired) electrons. The number of carboxylic acid groups (broad SMARTS) is 1. The third kappa shape index (κ3) is 4.64. The second kappa shape index (κ2) is 8.60. The van der Waals surface area contributed by atoms with Crippen LogP contribution in [0.3, 0.4) is 0 Å². The van der Waals surface area contributed by atoms with Gasteiger partial charge in [-0.25, -0.2) is 13.6 Å². The van der Waals surface area contributed by atoms with Crippen molar-refractivity contribution in [1.82, 2.24) is 0 Å². The molecular weight excluding hydrogens is 416 g/mol. The molecule has 0 saturated carbocycles. The van der Waals surface area contributed by atoms with E-state index in [1.54, 1.807) is 25.1 Å². The second-order valence-electron chi connectivity index (χ2n) is 6.40. The van der Waals surface area contributed by atoms with Crippen molar-refractivity contribution in [3.8, 4) is 0 Å². The van der Waals surface area contributed by atoms with Crippen molar-refractivity contribution in [3.05, 3.63) is 95.1 Å². The van der Waals surface area contributed by atoms with Gasteiger partial charge in [-0.15, -0.1) is 4.47 Å². The first kappa shape index (κ1) is 21.4. The summed E-state index contributed by atoms with van der Waals surface area (Å²) in [5.74, 6) is -2.92. The Morgan fingerprint density at radius 1 is 1.00 bits per heavy atom. The number of aromatic carboxylic acids is 1. The van der Waals surface area contributed by atoms with Gasteiger partial charge in [-0.1, -0.05) is 24.3 Å². The number of halogens is 2. The third-order valence-corrected chi connectivity index (χ3v) is 5.80. The normalized spacial score (nSPS) is 11.3. The molecule has 156 valence electrons. The lowest BCUT2D eigenvalue weighted by Gasteiger charge is -2.24. The highest BCUT2D eigenvalue weighted by Gasteiger charge is 2.28. The molecule has 3 rings (SSSR count). The van der Waals surface area contributed by atoms with Crippen molar-refractivity contribution in [3.63, 3.8) is 0 Å². The highest BCUT2D eigenvalue weighted by atomic mass is 32.2. The van der Waals surface area contributed by atoms with E-state index in [9.17, 15) is 27.1 Å². The van der Waals surface area contributed by atoms with Crippen LogP contribution in [0.4, 0.5) is 14.5 Å². The Balaban J connectivity index is 2.01. The number of hydrogen-bond donors (Lipinski definition) is 1. The molecule has 0 spiro atoms. The van der Waals surface area contributed by atoms with Crippen LogP contribution in [0.2, 0.25) is 0 Å². The van der Waals surface area contributed by atoms with E-state index >= 15 is 0 Å². The van der Waals surface area contributed by atoms with Crippen molar-refractivity contribution in [2.24, 2.45) is 0 Å². The van der Waals surface area contributed by atoms with Crippen LogP contribution < -0.4 is 4.47 Å². The Kier molecular flexibility index (Phi) is 6.14. The van der Waals surface area contributed by atoms with Crippen LogP contribution >= 0.6 is 0 Å². The fraction of sp³-hybridized carbons (Fsp3) is 0.0952. The van der Waals surface area contributed by atoms with Gasteiger partial charge in [0.05, 0.1) is 16.1 Å². The molecule has 0 aliphatic carbocycles. The number of carbonyl (C=O) groups is 1. The second-order valence-corrected chi connectivity index (χ2v) is 8.15. The lowest BCUT2D eigenvalue weighted by Crippen LogP contribution is -2.31. The van der Waals surface area contributed by atoms with Gasteiger partial charge in [0.1, 0.15) is 18.2 Å². The Bertz CT molecular complexity index is 1160. The summed E-state index contributed by atoms with van der Waals surface area (Å²) >= 11 is 0. The molecule has 0 atom stereocenters. The minimum atomic E-state index is -4.36. The van der Waals surface area contributed by atoms with Gasteiger partial charge < -0.3 is 5.11 Å². The summed E-state index contributed by atoms with van der Waals surface area (Å²) < 4.78 is 54.0. The molecular formula is C21H17F2NO5S. The standard InChI is InChI=1S/C21H17F2NO5S/c1-14-7-8-19(12-20(14)21(25)26)30(27,28)24(18-5-3-2-4-6-18)29-13-15-9-16(22)11-17(23)10-15/h2-12H,13H2,1H3,(H,25,26). The minimum Gasteiger partial charge on any atom is -0.478 e. The van der Waals surface area contributed by atoms with Crippen molar-refractivity contribution in [1.29, 1.82) is 0 Å². The van der Waals surface area contributed by atoms with Gasteiger partial charge in [0.25, 0.3) is 10.0 Å². The molecule has 3 aromatic carbocycles. The first-order chi connectivity index (χ1) is 14.2. The third-order valence-electron chi connectivity index (χ3n) is 4.19. The average molecular weight is 433 g/mol. The molecule has 0 amide bonds. The van der Waals surface area contributed by atoms with Gasteiger partial charge in [0.2, 0.25) is 0 Å². The lowest BCUT2D eigenvalue weighted by atomic mass is 10.1. The first-order valence-electron chi connectivity index (χ1n) is 8.70. The predicted octanol–water partition coefficient (Wildman–Crippen LogP) is 4.30. The molecule has 30 heavy (non-hydrogen) atoms. The summed E-state index contributed by atoms with van der Waals surface area (Å²) in [6.07, 6.45) is 0. The number of para-hydroxylation sites is 1. The topological polar surface area (TPSA) is 83.9 Å². The Labute approximate surface area is 172 Å². The van der Waals surface area contributed by atoms with Gasteiger partial charge in [-0.2, -0.15) is 8.42 Å². The number of hydrogen-bond acceptors (Lipinski definition) is 4. The number of sulfonamides is 1. The van der Waals surface area contributed by atoms with Gasteiger partial charge in [0, 0.05) is 6.07 Å². The quantitative estimate of drug-likeness (QED) is 0.562. The number of aryl methyl sites for hydroxylation is 1. The predicted molar refractivity (Wildman–Crippen MR) is 105 cm³/mol. The Hall–Kier alpha value is -3.30. The summed E-state index contributed by atoms with van der Waals surface area (Å²) in [6, 6.07) is 14.2. The maximum atomic E-state index is 13.4. The van der Waals surface area contributed by atoms with E-state index in [0.717, 1.165) is 18.2 Å². The van der Waals surface area contributed by atoms with Crippen LogP contribution in [0.25, 0.3) is 0 Å². The highest BCUT2D eigenvalue weighted by molar-refractivity contribution is 7.92. The number of rotatable bonds is 7. The van der Waals surface area contributed by atoms with Crippen molar-refractivity contribution in [2.75, 3.05) is 4.47 Å². The smallest absolute Gasteiger partial charge is 0.335 e. The first-order valence-corrected chi connectivity index (χ1v) is 10.1. The molecule has 0 aliphatic heterocycles. The average Bonchev–Trinajstić information content (AvgIpc) is 2.68. The summed E-state index contributed by atoms with van der Waals surface area (Å²) in [5.41, 5.74) is 0.436. The number of anilines is 1. The number of nitrogens with zero attached hydrogens (tertiary/aromatic N) is 1. The van der Waals surface area contributed by atoms with Gasteiger partial charge in [0.15, 0.2) is 0 Å². The molecule has 1 N–H and O–H groups in total. The van der Waals surface area contributed by atoms with E-state index in [4.69, 9.17) is 4.84 Å². The molecule has 0 heterocycles. The summed E-state index contributed by atoms with van der Waals surface area (Å²) in [7, 11) is -4.36. The van der Waals surface area contributed by atoms with E-state index in [2.05, 4.69) is 0 Å². The highest BCUT2D eigenvalue weighted by Crippen LogP contribution is 2.26. The van der Waals surface area contributed by atoms with E-state index < -0.39 is 34.2 Å². The van der Waals surface area contributed by atoms with Crippen LogP contribution in [-0.4, -0.2) is 19.5 Å². The molecule has 0 aliphatic rings. The maximum Gasteiger partial charge on any atom is 0.335 e. The van der Waals surface area contributed by atoms with E-state index in [1.807, 2.05) is 0 Å². The van der Waals surface area contributed by atoms with E-state index in [0.29, 0.717) is 16.1 Å². The van der Waals surface area contributed by atoms with Gasteiger partial charge in [-0.3, -0.25) is 4.84 Å². The SMILES string of the molecule is Cc1ccc(S(=O)(=O)N(OCc2cc(F)cc(F)c2)c2ccccc2)cc1C(=O)O. The van der Waals surface area contributed by atoms with Gasteiger partial charge >= 0.3 is 5.97 Å². The fourth-order valence-electron chi connectivity index (χ4n) is 2.75. The molecule has 3 aromatic rings. The number of benzene rings is 3. The Morgan fingerprint density at radius 2 is 1.63 bits per heavy atom. The summed E-state index contributed by atoms with van der Waals surface area (Å²) in [6.45, 7) is 1.10. The zero-order valence-corrected chi connectivity index (χ0v) is 16.6. The summed E-state index contributed by atoms with van der Waals surface area (Å²) in [4.78, 5) is 16.5. The molecule has 0 fully saturated rings. The van der Waals surface area contributed by atoms with Crippen molar-refractivity contribution in [2.45, 2.75) is 18.4 Å². The Morgan fingerprint density at radius 3 is 2.23 bits per heavy atom. The molecule has 9 heteroatoms. The molecule has 6 nitrogen and oxygen atoms in total. The summed E-state index contributed by atoms with van der Waals surface area (Å²) in [5, 5.41) is 9.30. The minimum absolute atomic E-state index is 0.0822. The number of carboxylic acids is 1. The van der Waals surface area contributed by atoms with Crippen molar-refractivity contribution < 1.29 is 31.9 Å². The molecule has 0 unspecified atom stereocenters. The monoisotopic (exact) mass is 433 g/mol. The van der Waals surface area contributed by atoms with Crippen LogP contribution in [0.5, 0.6) is 0 Å². The van der Waals surface area contributed by atoms with Crippen LogP contribution in [-0.2, 0) is 21.5 Å². The molecule has 0 saturated heterocycles. The van der Waals surface area contributed by atoms with E-state index in [1.165, 1.54) is 24.3 Å². The zero-order chi connectivity index (χ0) is 21.9. The van der Waals surface area contributed by atoms with Crippen molar-refractivity contribution >= 4 is 21.7 Å². The largest absolute Gasteiger partial charge is 0.478 e. The van der Waals surface area contributed by atoms with Crippen LogP contribution in [0.1, 0.15) is 21.5 Å². The lowest BCUT2D eigenvalue weighted by molar-refractivity contribution is 0.0695. The maximum absolute atomic E-state index is 13.4. The fourth-order valence-corrected chi connectivity index (χ4v) is 4.04. The van der Waals surface area contributed by atoms with E-state index in [-0.39, 0.29) is 21.7 Å². The van der Waals surface area contributed by atoms with Crippen LogP contribution in [0, 0.1) is 18.6 Å². The van der Waals surface area contributed by atoms with Gasteiger partial charge in [-0.05, 0) is 54.4 Å². The zero-order valence-electron chi connectivity index (χ0n) is 15.7. The van der Waals surface area contributed by atoms with Crippen LogP contribution in [0.15, 0.2) is 71.6 Å². The molecule has 0 bridgehead atoms.